The number of thiazole rings is 1. The number of aromatic nitrogens is 1. The maximum absolute atomic E-state index is 5.71. The van der Waals surface area contributed by atoms with Gasteiger partial charge in [-0.3, -0.25) is 0 Å². The first-order valence-electron chi connectivity index (χ1n) is 6.46. The van der Waals surface area contributed by atoms with Gasteiger partial charge in [-0.25, -0.2) is 4.98 Å². The number of nitrogens with zero attached hydrogens (tertiary/aromatic N) is 1. The van der Waals surface area contributed by atoms with Crippen LogP contribution in [0.15, 0.2) is 0 Å². The van der Waals surface area contributed by atoms with Crippen LogP contribution in [0.5, 0.6) is 0 Å². The molecule has 98 valence electrons. The van der Waals surface area contributed by atoms with E-state index in [1.807, 2.05) is 6.92 Å². The Balaban J connectivity index is 2.85. The Morgan fingerprint density at radius 1 is 1.35 bits per heavy atom. The smallest absolute Gasteiger partial charge is 0.122 e. The van der Waals surface area contributed by atoms with Crippen molar-refractivity contribution in [2.75, 3.05) is 13.2 Å². The highest BCUT2D eigenvalue weighted by Crippen LogP contribution is 2.31. The molecule has 0 aliphatic heterocycles. The summed E-state index contributed by atoms with van der Waals surface area (Å²) in [5, 5.41) is 4.55. The van der Waals surface area contributed by atoms with E-state index in [1.165, 1.54) is 4.88 Å². The summed E-state index contributed by atoms with van der Waals surface area (Å²) in [4.78, 5) is 5.99. The molecule has 0 spiro atoms. The van der Waals surface area contributed by atoms with E-state index < -0.39 is 0 Å². The largest absolute Gasteiger partial charge is 0.371 e. The minimum atomic E-state index is 0.159. The van der Waals surface area contributed by atoms with Gasteiger partial charge in [0.1, 0.15) is 11.1 Å². The van der Waals surface area contributed by atoms with Crippen LogP contribution >= 0.6 is 11.3 Å². The van der Waals surface area contributed by atoms with Crippen LogP contribution in [0, 0.1) is 6.92 Å². The molecule has 0 aliphatic rings. The number of rotatable bonds is 7. The lowest BCUT2D eigenvalue weighted by Gasteiger charge is -2.12. The Kier molecular flexibility index (Phi) is 6.09. The van der Waals surface area contributed by atoms with Crippen LogP contribution in [0.4, 0.5) is 0 Å². The first-order chi connectivity index (χ1) is 8.13. The summed E-state index contributed by atoms with van der Waals surface area (Å²) < 4.78 is 5.71. The Bertz CT molecular complexity index is 338. The summed E-state index contributed by atoms with van der Waals surface area (Å²) in [5.74, 6) is 0. The molecule has 0 aliphatic carbocycles. The minimum absolute atomic E-state index is 0.159. The summed E-state index contributed by atoms with van der Waals surface area (Å²) in [6.07, 6.45) is 1.14. The maximum atomic E-state index is 5.71. The third-order valence-electron chi connectivity index (χ3n) is 2.77. The average molecular weight is 256 g/mol. The van der Waals surface area contributed by atoms with Crippen LogP contribution in [0.25, 0.3) is 0 Å². The maximum Gasteiger partial charge on any atom is 0.122 e. The van der Waals surface area contributed by atoms with Gasteiger partial charge in [-0.05, 0) is 33.7 Å². The fraction of sp³-hybridized carbons (Fsp3) is 0.769. The summed E-state index contributed by atoms with van der Waals surface area (Å²) >= 11 is 1.78. The van der Waals surface area contributed by atoms with Gasteiger partial charge in [0.2, 0.25) is 0 Å². The molecule has 1 aromatic rings. The zero-order valence-electron chi connectivity index (χ0n) is 11.5. The van der Waals surface area contributed by atoms with Gasteiger partial charge in [0.25, 0.3) is 0 Å². The van der Waals surface area contributed by atoms with Crippen molar-refractivity contribution in [3.05, 3.63) is 15.6 Å². The Labute approximate surface area is 109 Å². The van der Waals surface area contributed by atoms with Gasteiger partial charge in [0.15, 0.2) is 0 Å². The third-order valence-corrected chi connectivity index (χ3v) is 4.20. The highest BCUT2D eigenvalue weighted by atomic mass is 32.1. The molecule has 0 saturated heterocycles. The van der Waals surface area contributed by atoms with Crippen LogP contribution in [0.2, 0.25) is 0 Å². The Morgan fingerprint density at radius 3 is 2.59 bits per heavy atom. The molecule has 0 amide bonds. The van der Waals surface area contributed by atoms with Crippen molar-refractivity contribution in [2.24, 2.45) is 0 Å². The lowest BCUT2D eigenvalue weighted by Crippen LogP contribution is -2.17. The average Bonchev–Trinajstić information content (AvgIpc) is 2.68. The number of hydrogen-bond acceptors (Lipinski definition) is 4. The molecule has 17 heavy (non-hydrogen) atoms. The monoisotopic (exact) mass is 256 g/mol. The first-order valence-corrected chi connectivity index (χ1v) is 7.27. The van der Waals surface area contributed by atoms with Gasteiger partial charge < -0.3 is 10.1 Å². The molecule has 0 radical (unpaired) electrons. The van der Waals surface area contributed by atoms with Crippen molar-refractivity contribution < 1.29 is 4.74 Å². The van der Waals surface area contributed by atoms with E-state index in [2.05, 4.69) is 38.0 Å². The second-order valence-electron chi connectivity index (χ2n) is 4.13. The van der Waals surface area contributed by atoms with Crippen molar-refractivity contribution in [3.8, 4) is 0 Å². The highest BCUT2D eigenvalue weighted by Gasteiger charge is 2.18. The molecule has 1 heterocycles. The van der Waals surface area contributed by atoms with E-state index in [0.29, 0.717) is 6.04 Å². The van der Waals surface area contributed by atoms with Gasteiger partial charge >= 0.3 is 0 Å². The van der Waals surface area contributed by atoms with Gasteiger partial charge in [-0.2, -0.15) is 0 Å². The molecule has 0 aromatic carbocycles. The van der Waals surface area contributed by atoms with Crippen LogP contribution in [0.1, 0.15) is 61.8 Å². The highest BCUT2D eigenvalue weighted by molar-refractivity contribution is 7.11. The molecule has 0 fully saturated rings. The summed E-state index contributed by atoms with van der Waals surface area (Å²) in [7, 11) is 0. The van der Waals surface area contributed by atoms with Crippen molar-refractivity contribution in [1.82, 2.24) is 10.3 Å². The van der Waals surface area contributed by atoms with Gasteiger partial charge in [-0.1, -0.05) is 13.8 Å². The summed E-state index contributed by atoms with van der Waals surface area (Å²) in [6, 6.07) is 0.380. The molecule has 2 unspecified atom stereocenters. The van der Waals surface area contributed by atoms with Crippen LogP contribution in [-0.4, -0.2) is 18.1 Å². The number of aryl methyl sites for hydroxylation is 1. The van der Waals surface area contributed by atoms with E-state index in [1.54, 1.807) is 11.3 Å². The lowest BCUT2D eigenvalue weighted by atomic mass is 10.2. The zero-order chi connectivity index (χ0) is 12.8. The second-order valence-corrected chi connectivity index (χ2v) is 5.20. The van der Waals surface area contributed by atoms with E-state index in [0.717, 1.165) is 30.3 Å². The van der Waals surface area contributed by atoms with Gasteiger partial charge in [0.05, 0.1) is 5.69 Å². The lowest BCUT2D eigenvalue weighted by molar-refractivity contribution is 0.0596. The normalized spacial score (nSPS) is 14.9. The van der Waals surface area contributed by atoms with E-state index in [4.69, 9.17) is 4.74 Å². The fourth-order valence-electron chi connectivity index (χ4n) is 1.93. The van der Waals surface area contributed by atoms with Crippen LogP contribution in [-0.2, 0) is 4.74 Å². The summed E-state index contributed by atoms with van der Waals surface area (Å²) in [5.41, 5.74) is 1.14. The minimum Gasteiger partial charge on any atom is -0.371 e. The van der Waals surface area contributed by atoms with Crippen LogP contribution in [0.3, 0.4) is 0 Å². The molecule has 0 saturated carbocycles. The van der Waals surface area contributed by atoms with Gasteiger partial charge in [-0.15, -0.1) is 11.3 Å². The molecule has 1 aromatic heterocycles. The predicted octanol–water partition coefficient (Wildman–Crippen LogP) is 3.61. The standard InChI is InChI=1S/C13H24N2OS/c1-6-11(16-8-3)13-15-10(5)12(17-13)9(4)14-7-2/h9,11,14H,6-8H2,1-5H3. The van der Waals surface area contributed by atoms with Crippen molar-refractivity contribution in [1.29, 1.82) is 0 Å². The van der Waals surface area contributed by atoms with E-state index in [-0.39, 0.29) is 6.10 Å². The van der Waals surface area contributed by atoms with Crippen molar-refractivity contribution in [3.63, 3.8) is 0 Å². The van der Waals surface area contributed by atoms with Crippen LogP contribution < -0.4 is 5.32 Å². The Hall–Kier alpha value is -0.450. The predicted molar refractivity (Wildman–Crippen MR) is 73.6 cm³/mol. The molecule has 1 rings (SSSR count). The molecular formula is C13H24N2OS. The quantitative estimate of drug-likeness (QED) is 0.809. The Morgan fingerprint density at radius 2 is 2.06 bits per heavy atom. The SMILES string of the molecule is CCNC(C)c1sc(C(CC)OCC)nc1C. The first kappa shape index (κ1) is 14.6. The molecule has 0 bridgehead atoms. The van der Waals surface area contributed by atoms with Crippen molar-refractivity contribution in [2.45, 2.75) is 53.2 Å². The van der Waals surface area contributed by atoms with Gasteiger partial charge in [0, 0.05) is 17.5 Å². The third kappa shape index (κ3) is 3.76. The second kappa shape index (κ2) is 7.09. The van der Waals surface area contributed by atoms with Crippen molar-refractivity contribution >= 4 is 11.3 Å². The number of ether oxygens (including phenoxy) is 1. The molecule has 3 nitrogen and oxygen atoms in total. The topological polar surface area (TPSA) is 34.1 Å². The summed E-state index contributed by atoms with van der Waals surface area (Å²) in [6.45, 7) is 12.3. The van der Waals surface area contributed by atoms with E-state index in [9.17, 15) is 0 Å². The molecule has 4 heteroatoms. The molecular weight excluding hydrogens is 232 g/mol. The van der Waals surface area contributed by atoms with E-state index >= 15 is 0 Å². The number of hydrogen-bond donors (Lipinski definition) is 1. The molecule has 1 N–H and O–H groups in total. The molecule has 2 atom stereocenters. The fourth-order valence-corrected chi connectivity index (χ4v) is 3.16. The number of nitrogens with one attached hydrogen (secondary N) is 1. The zero-order valence-corrected chi connectivity index (χ0v) is 12.4.